The molecule has 0 saturated carbocycles. The monoisotopic (exact) mass is 238 g/mol. The highest BCUT2D eigenvalue weighted by molar-refractivity contribution is 7.80. The third kappa shape index (κ3) is 5.36. The minimum atomic E-state index is -1.14. The molecule has 0 aliphatic rings. The summed E-state index contributed by atoms with van der Waals surface area (Å²) in [4.78, 5) is 11.1. The number of aliphatic hydroxyl groups is 3. The fourth-order valence-corrected chi connectivity index (χ4v) is 0.974. The number of ether oxygens (including phenoxy) is 1. The summed E-state index contributed by atoms with van der Waals surface area (Å²) in [5.74, 6) is 0.184. The van der Waals surface area contributed by atoms with E-state index in [2.05, 4.69) is 12.6 Å². The third-order valence-electron chi connectivity index (χ3n) is 2.08. The largest absolute Gasteiger partial charge is 0.465 e. The molecule has 0 bridgehead atoms. The highest BCUT2D eigenvalue weighted by Crippen LogP contribution is 2.15. The second kappa shape index (κ2) is 7.92. The second-order valence-electron chi connectivity index (χ2n) is 3.46. The van der Waals surface area contributed by atoms with Crippen LogP contribution in [0.4, 0.5) is 0 Å². The van der Waals surface area contributed by atoms with Gasteiger partial charge in [0, 0.05) is 6.42 Å². The van der Waals surface area contributed by atoms with Gasteiger partial charge in [-0.2, -0.15) is 12.6 Å². The Morgan fingerprint density at radius 2 is 1.73 bits per heavy atom. The Morgan fingerprint density at radius 1 is 1.20 bits per heavy atom. The number of rotatable bonds is 8. The van der Waals surface area contributed by atoms with Crippen molar-refractivity contribution in [1.29, 1.82) is 0 Å². The molecule has 5 nitrogen and oxygen atoms in total. The van der Waals surface area contributed by atoms with Gasteiger partial charge in [0.05, 0.1) is 25.2 Å². The number of thiol groups is 1. The Labute approximate surface area is 94.5 Å². The molecule has 0 fully saturated rings. The third-order valence-corrected chi connectivity index (χ3v) is 2.40. The van der Waals surface area contributed by atoms with E-state index in [0.717, 1.165) is 0 Å². The van der Waals surface area contributed by atoms with Gasteiger partial charge in [-0.15, -0.1) is 0 Å². The van der Waals surface area contributed by atoms with Crippen molar-refractivity contribution in [3.8, 4) is 0 Å². The maximum atomic E-state index is 11.1. The fraction of sp³-hybridized carbons (Fsp3) is 0.889. The van der Waals surface area contributed by atoms with E-state index >= 15 is 0 Å². The van der Waals surface area contributed by atoms with Crippen LogP contribution in [-0.4, -0.2) is 53.5 Å². The summed E-state index contributed by atoms with van der Waals surface area (Å²) in [6.07, 6.45) is 0.869. The van der Waals surface area contributed by atoms with E-state index in [1.807, 2.05) is 0 Å². The number of hydrogen-bond acceptors (Lipinski definition) is 6. The summed E-state index contributed by atoms with van der Waals surface area (Å²) in [7, 11) is 0. The lowest BCUT2D eigenvalue weighted by Crippen LogP contribution is -2.39. The first kappa shape index (κ1) is 14.7. The molecule has 0 radical (unpaired) electrons. The summed E-state index contributed by atoms with van der Waals surface area (Å²) in [6, 6.07) is 0. The molecule has 0 aromatic carbocycles. The summed E-state index contributed by atoms with van der Waals surface area (Å²) >= 11 is 3.95. The van der Waals surface area contributed by atoms with E-state index in [4.69, 9.17) is 20.1 Å². The van der Waals surface area contributed by atoms with Crippen molar-refractivity contribution in [2.45, 2.75) is 12.8 Å². The van der Waals surface area contributed by atoms with Gasteiger partial charge in [0.2, 0.25) is 0 Å². The van der Waals surface area contributed by atoms with Gasteiger partial charge in [-0.1, -0.05) is 0 Å². The lowest BCUT2D eigenvalue weighted by molar-refractivity contribution is -0.151. The number of carbonyl (C=O) groups excluding carboxylic acids is 1. The van der Waals surface area contributed by atoms with E-state index in [1.54, 1.807) is 0 Å². The van der Waals surface area contributed by atoms with Gasteiger partial charge in [0.25, 0.3) is 0 Å². The van der Waals surface area contributed by atoms with Gasteiger partial charge in [-0.3, -0.25) is 4.79 Å². The first-order valence-corrected chi connectivity index (χ1v) is 5.36. The van der Waals surface area contributed by atoms with Crippen LogP contribution in [0, 0.1) is 5.41 Å². The molecular weight excluding hydrogens is 220 g/mol. The smallest absolute Gasteiger partial charge is 0.305 e. The first-order chi connectivity index (χ1) is 7.14. The van der Waals surface area contributed by atoms with Crippen LogP contribution in [0.15, 0.2) is 0 Å². The van der Waals surface area contributed by atoms with Crippen molar-refractivity contribution in [3.05, 3.63) is 0 Å². The lowest BCUT2D eigenvalue weighted by atomic mass is 9.93. The number of esters is 1. The summed E-state index contributed by atoms with van der Waals surface area (Å²) in [5, 5.41) is 26.8. The normalized spacial score (nSPS) is 11.5. The van der Waals surface area contributed by atoms with Crippen LogP contribution in [0.5, 0.6) is 0 Å². The predicted octanol–water partition coefficient (Wildman–Crippen LogP) is -0.797. The standard InChI is InChI=1S/C9H18O5S/c10-4-9(5-11,6-12)7-14-8(13)2-1-3-15/h10-12,15H,1-7H2. The molecule has 0 rings (SSSR count). The molecule has 0 amide bonds. The quantitative estimate of drug-likeness (QED) is 0.329. The van der Waals surface area contributed by atoms with Gasteiger partial charge < -0.3 is 20.1 Å². The molecule has 0 spiro atoms. The topological polar surface area (TPSA) is 87.0 Å². The molecule has 3 N–H and O–H groups in total. The molecule has 0 aromatic heterocycles. The number of aliphatic hydroxyl groups excluding tert-OH is 3. The van der Waals surface area contributed by atoms with E-state index in [-0.39, 0.29) is 13.0 Å². The van der Waals surface area contributed by atoms with Gasteiger partial charge in [-0.05, 0) is 12.2 Å². The Bertz CT molecular complexity index is 173. The molecule has 0 aliphatic heterocycles. The van der Waals surface area contributed by atoms with Gasteiger partial charge in [0.1, 0.15) is 6.61 Å². The minimum absolute atomic E-state index is 0.179. The van der Waals surface area contributed by atoms with Crippen LogP contribution in [0.2, 0.25) is 0 Å². The van der Waals surface area contributed by atoms with Crippen molar-refractivity contribution in [1.82, 2.24) is 0 Å². The highest BCUT2D eigenvalue weighted by atomic mass is 32.1. The molecule has 0 aromatic rings. The van der Waals surface area contributed by atoms with E-state index < -0.39 is 31.2 Å². The molecule has 6 heteroatoms. The summed E-state index contributed by atoms with van der Waals surface area (Å²) in [5.41, 5.74) is -1.14. The Hall–Kier alpha value is -0.300. The molecule has 0 atom stereocenters. The minimum Gasteiger partial charge on any atom is -0.465 e. The molecule has 15 heavy (non-hydrogen) atoms. The Balaban J connectivity index is 3.93. The first-order valence-electron chi connectivity index (χ1n) is 4.73. The zero-order valence-electron chi connectivity index (χ0n) is 8.56. The number of carbonyl (C=O) groups is 1. The van der Waals surface area contributed by atoms with Crippen molar-refractivity contribution in [2.75, 3.05) is 32.2 Å². The lowest BCUT2D eigenvalue weighted by Gasteiger charge is -2.26. The summed E-state index contributed by atoms with van der Waals surface area (Å²) < 4.78 is 4.83. The average molecular weight is 238 g/mol. The molecule has 90 valence electrons. The van der Waals surface area contributed by atoms with E-state index in [1.165, 1.54) is 0 Å². The van der Waals surface area contributed by atoms with Crippen molar-refractivity contribution in [2.24, 2.45) is 5.41 Å². The van der Waals surface area contributed by atoms with Crippen molar-refractivity contribution in [3.63, 3.8) is 0 Å². The second-order valence-corrected chi connectivity index (χ2v) is 3.91. The van der Waals surface area contributed by atoms with Crippen LogP contribution in [0.25, 0.3) is 0 Å². The zero-order valence-corrected chi connectivity index (χ0v) is 9.45. The van der Waals surface area contributed by atoms with Gasteiger partial charge in [0.15, 0.2) is 0 Å². The zero-order chi connectivity index (χ0) is 11.7. The van der Waals surface area contributed by atoms with Crippen molar-refractivity contribution < 1.29 is 24.9 Å². The maximum Gasteiger partial charge on any atom is 0.305 e. The van der Waals surface area contributed by atoms with Gasteiger partial charge in [-0.25, -0.2) is 0 Å². The van der Waals surface area contributed by atoms with Gasteiger partial charge >= 0.3 is 5.97 Å². The summed E-state index contributed by atoms with van der Waals surface area (Å²) in [6.45, 7) is -1.47. The molecule has 0 aliphatic carbocycles. The van der Waals surface area contributed by atoms with Crippen LogP contribution in [-0.2, 0) is 9.53 Å². The van der Waals surface area contributed by atoms with Crippen molar-refractivity contribution >= 4 is 18.6 Å². The SMILES string of the molecule is O=C(CCCS)OCC(CO)(CO)CO. The fourth-order valence-electron chi connectivity index (χ4n) is 0.816. The Kier molecular flexibility index (Phi) is 7.76. The Morgan fingerprint density at radius 3 is 2.13 bits per heavy atom. The molecule has 0 unspecified atom stereocenters. The molecular formula is C9H18O5S. The van der Waals surface area contributed by atoms with Crippen LogP contribution < -0.4 is 0 Å². The molecule has 0 heterocycles. The van der Waals surface area contributed by atoms with E-state index in [9.17, 15) is 4.79 Å². The highest BCUT2D eigenvalue weighted by Gasteiger charge is 2.29. The van der Waals surface area contributed by atoms with Crippen LogP contribution in [0.1, 0.15) is 12.8 Å². The predicted molar refractivity (Wildman–Crippen MR) is 57.7 cm³/mol. The average Bonchev–Trinajstić information content (AvgIpc) is 2.29. The van der Waals surface area contributed by atoms with Crippen LogP contribution >= 0.6 is 12.6 Å². The maximum absolute atomic E-state index is 11.1. The molecule has 0 saturated heterocycles. The number of hydrogen-bond donors (Lipinski definition) is 4. The van der Waals surface area contributed by atoms with Crippen LogP contribution in [0.3, 0.4) is 0 Å². The van der Waals surface area contributed by atoms with E-state index in [0.29, 0.717) is 12.2 Å².